The third-order valence-electron chi connectivity index (χ3n) is 4.86. The Balaban J connectivity index is 1.55. The van der Waals surface area contributed by atoms with Gasteiger partial charge in [0.05, 0.1) is 11.6 Å². The SMILES string of the molecule is C[C@H](c1ccc(F)c(Cl)c1)N1CCN(Cc2noc(C(C)(C)C)n2)CC1. The van der Waals surface area contributed by atoms with Gasteiger partial charge in [-0.2, -0.15) is 4.98 Å². The van der Waals surface area contributed by atoms with E-state index in [-0.39, 0.29) is 22.3 Å². The van der Waals surface area contributed by atoms with E-state index in [1.807, 2.05) is 6.07 Å². The summed E-state index contributed by atoms with van der Waals surface area (Å²) in [6.45, 7) is 12.7. The smallest absolute Gasteiger partial charge is 0.232 e. The van der Waals surface area contributed by atoms with Crippen molar-refractivity contribution in [2.45, 2.75) is 45.7 Å². The molecule has 0 N–H and O–H groups in total. The van der Waals surface area contributed by atoms with Crippen LogP contribution in [-0.2, 0) is 12.0 Å². The molecule has 1 atom stereocenters. The highest BCUT2D eigenvalue weighted by molar-refractivity contribution is 6.30. The first-order valence-corrected chi connectivity index (χ1v) is 9.36. The van der Waals surface area contributed by atoms with Gasteiger partial charge in [-0.1, -0.05) is 43.6 Å². The Morgan fingerprint density at radius 3 is 2.50 bits per heavy atom. The molecule has 142 valence electrons. The molecule has 5 nitrogen and oxygen atoms in total. The maximum Gasteiger partial charge on any atom is 0.232 e. The standard InChI is InChI=1S/C19H26ClFN4O/c1-13(14-5-6-16(21)15(20)11-14)25-9-7-24(8-10-25)12-17-22-18(26-23-17)19(2,3)4/h5-6,11,13H,7-10,12H2,1-4H3/t13-/m1/s1. The van der Waals surface area contributed by atoms with Gasteiger partial charge in [-0.05, 0) is 24.6 Å². The lowest BCUT2D eigenvalue weighted by molar-refractivity contribution is 0.0956. The number of halogens is 2. The molecule has 1 aromatic carbocycles. The molecule has 1 saturated heterocycles. The Hall–Kier alpha value is -1.50. The quantitative estimate of drug-likeness (QED) is 0.801. The monoisotopic (exact) mass is 380 g/mol. The van der Waals surface area contributed by atoms with Crippen LogP contribution >= 0.6 is 11.6 Å². The Labute approximate surface area is 159 Å². The maximum atomic E-state index is 13.4. The third kappa shape index (κ3) is 4.42. The fraction of sp³-hybridized carbons (Fsp3) is 0.579. The number of aromatic nitrogens is 2. The van der Waals surface area contributed by atoms with Crippen molar-refractivity contribution in [3.63, 3.8) is 0 Å². The minimum Gasteiger partial charge on any atom is -0.339 e. The molecule has 0 bridgehead atoms. The zero-order chi connectivity index (χ0) is 18.9. The molecule has 0 radical (unpaired) electrons. The summed E-state index contributed by atoms with van der Waals surface area (Å²) in [5, 5.41) is 4.29. The lowest BCUT2D eigenvalue weighted by atomic mass is 9.97. The molecule has 0 amide bonds. The zero-order valence-corrected chi connectivity index (χ0v) is 16.6. The van der Waals surface area contributed by atoms with Gasteiger partial charge < -0.3 is 4.52 Å². The van der Waals surface area contributed by atoms with E-state index < -0.39 is 0 Å². The van der Waals surface area contributed by atoms with Gasteiger partial charge in [0, 0.05) is 37.6 Å². The van der Waals surface area contributed by atoms with E-state index >= 15 is 0 Å². The topological polar surface area (TPSA) is 45.4 Å². The summed E-state index contributed by atoms with van der Waals surface area (Å²) in [4.78, 5) is 9.23. The number of piperazine rings is 1. The van der Waals surface area contributed by atoms with E-state index in [0.29, 0.717) is 12.4 Å². The summed E-state index contributed by atoms with van der Waals surface area (Å²) in [6.07, 6.45) is 0. The molecule has 0 aliphatic carbocycles. The van der Waals surface area contributed by atoms with E-state index in [0.717, 1.165) is 37.6 Å². The number of hydrogen-bond donors (Lipinski definition) is 0. The number of benzene rings is 1. The number of rotatable bonds is 4. The van der Waals surface area contributed by atoms with Crippen LogP contribution in [0.15, 0.2) is 22.7 Å². The third-order valence-corrected chi connectivity index (χ3v) is 5.15. The van der Waals surface area contributed by atoms with Crippen LogP contribution in [0.2, 0.25) is 5.02 Å². The van der Waals surface area contributed by atoms with Crippen molar-refractivity contribution in [3.8, 4) is 0 Å². The van der Waals surface area contributed by atoms with Gasteiger partial charge in [0.1, 0.15) is 5.82 Å². The van der Waals surface area contributed by atoms with Gasteiger partial charge in [-0.15, -0.1) is 0 Å². The van der Waals surface area contributed by atoms with Gasteiger partial charge in [-0.25, -0.2) is 4.39 Å². The first-order valence-electron chi connectivity index (χ1n) is 8.98. The van der Waals surface area contributed by atoms with E-state index in [4.69, 9.17) is 16.1 Å². The minimum atomic E-state index is -0.373. The van der Waals surface area contributed by atoms with Crippen LogP contribution in [0.4, 0.5) is 4.39 Å². The molecule has 1 aliphatic heterocycles. The van der Waals surface area contributed by atoms with Crippen molar-refractivity contribution in [1.29, 1.82) is 0 Å². The highest BCUT2D eigenvalue weighted by atomic mass is 35.5. The molecule has 2 aromatic rings. The Kier molecular flexibility index (Phi) is 5.65. The van der Waals surface area contributed by atoms with Crippen molar-refractivity contribution >= 4 is 11.6 Å². The number of hydrogen-bond acceptors (Lipinski definition) is 5. The van der Waals surface area contributed by atoms with E-state index in [2.05, 4.69) is 47.6 Å². The molecule has 7 heteroatoms. The number of nitrogens with zero attached hydrogens (tertiary/aromatic N) is 4. The van der Waals surface area contributed by atoms with Crippen molar-refractivity contribution < 1.29 is 8.91 Å². The lowest BCUT2D eigenvalue weighted by Gasteiger charge is -2.37. The van der Waals surface area contributed by atoms with Gasteiger partial charge in [0.2, 0.25) is 5.89 Å². The molecule has 0 saturated carbocycles. The summed E-state index contributed by atoms with van der Waals surface area (Å²) in [7, 11) is 0. The molecule has 1 aromatic heterocycles. The summed E-state index contributed by atoms with van der Waals surface area (Å²) in [5.41, 5.74) is 0.911. The second kappa shape index (κ2) is 7.62. The molecular weight excluding hydrogens is 355 g/mol. The largest absolute Gasteiger partial charge is 0.339 e. The lowest BCUT2D eigenvalue weighted by Crippen LogP contribution is -2.46. The van der Waals surface area contributed by atoms with Gasteiger partial charge in [0.25, 0.3) is 0 Å². The van der Waals surface area contributed by atoms with E-state index in [1.54, 1.807) is 6.07 Å². The van der Waals surface area contributed by atoms with Crippen molar-refractivity contribution in [2.75, 3.05) is 26.2 Å². The van der Waals surface area contributed by atoms with Crippen molar-refractivity contribution in [2.24, 2.45) is 0 Å². The van der Waals surface area contributed by atoms with Crippen LogP contribution in [0.1, 0.15) is 51.0 Å². The molecule has 0 unspecified atom stereocenters. The molecule has 2 heterocycles. The van der Waals surface area contributed by atoms with Crippen molar-refractivity contribution in [1.82, 2.24) is 19.9 Å². The highest BCUT2D eigenvalue weighted by Crippen LogP contribution is 2.26. The van der Waals surface area contributed by atoms with Gasteiger partial charge >= 0.3 is 0 Å². The Bertz CT molecular complexity index is 750. The zero-order valence-electron chi connectivity index (χ0n) is 15.8. The molecule has 3 rings (SSSR count). The average molecular weight is 381 g/mol. The second-order valence-electron chi connectivity index (χ2n) is 7.93. The molecular formula is C19H26ClFN4O. The Morgan fingerprint density at radius 1 is 1.23 bits per heavy atom. The maximum absolute atomic E-state index is 13.4. The van der Waals surface area contributed by atoms with E-state index in [9.17, 15) is 4.39 Å². The molecule has 1 fully saturated rings. The first-order chi connectivity index (χ1) is 12.2. The fourth-order valence-corrected chi connectivity index (χ4v) is 3.30. The van der Waals surface area contributed by atoms with Crippen LogP contribution in [0.3, 0.4) is 0 Å². The molecule has 1 aliphatic rings. The van der Waals surface area contributed by atoms with Crippen LogP contribution in [-0.4, -0.2) is 46.1 Å². The predicted molar refractivity (Wildman–Crippen MR) is 99.7 cm³/mol. The van der Waals surface area contributed by atoms with E-state index in [1.165, 1.54) is 6.07 Å². The molecule has 0 spiro atoms. The van der Waals surface area contributed by atoms with Crippen LogP contribution in [0, 0.1) is 5.82 Å². The fourth-order valence-electron chi connectivity index (χ4n) is 3.11. The van der Waals surface area contributed by atoms with Gasteiger partial charge in [-0.3, -0.25) is 9.80 Å². The van der Waals surface area contributed by atoms with Crippen LogP contribution in [0.25, 0.3) is 0 Å². The van der Waals surface area contributed by atoms with Crippen LogP contribution in [0.5, 0.6) is 0 Å². The van der Waals surface area contributed by atoms with Crippen molar-refractivity contribution in [3.05, 3.63) is 46.3 Å². The molecule has 26 heavy (non-hydrogen) atoms. The summed E-state index contributed by atoms with van der Waals surface area (Å²) >= 11 is 5.92. The van der Waals surface area contributed by atoms with Crippen LogP contribution < -0.4 is 0 Å². The van der Waals surface area contributed by atoms with Gasteiger partial charge in [0.15, 0.2) is 5.82 Å². The summed E-state index contributed by atoms with van der Waals surface area (Å²) in [5.74, 6) is 1.04. The normalized spacial score (nSPS) is 18.2. The summed E-state index contributed by atoms with van der Waals surface area (Å²) < 4.78 is 18.7. The Morgan fingerprint density at radius 2 is 1.92 bits per heavy atom. The summed E-state index contributed by atoms with van der Waals surface area (Å²) in [6, 6.07) is 5.17. The minimum absolute atomic E-state index is 0.129. The highest BCUT2D eigenvalue weighted by Gasteiger charge is 2.25. The first kappa shape index (κ1) is 19.3. The average Bonchev–Trinajstić information content (AvgIpc) is 3.06. The predicted octanol–water partition coefficient (Wildman–Crippen LogP) is 4.04. The second-order valence-corrected chi connectivity index (χ2v) is 8.33.